The highest BCUT2D eigenvalue weighted by Crippen LogP contribution is 2.28. The Hall–Kier alpha value is -2.04. The lowest BCUT2D eigenvalue weighted by Crippen LogP contribution is -2.04. The highest BCUT2D eigenvalue weighted by atomic mass is 35.5. The van der Waals surface area contributed by atoms with Gasteiger partial charge in [0.2, 0.25) is 0 Å². The minimum Gasteiger partial charge on any atom is -0.459 e. The van der Waals surface area contributed by atoms with Crippen molar-refractivity contribution in [1.82, 2.24) is 0 Å². The van der Waals surface area contributed by atoms with E-state index in [9.17, 15) is 4.79 Å². The molecule has 100 valence electrons. The first-order valence-electron chi connectivity index (χ1n) is 5.65. The first-order chi connectivity index (χ1) is 9.65. The SMILES string of the molecule is O=C1OC(c2ccco2)=N/C1=C/c1cccc(Cl)c1Cl. The molecule has 2 aromatic rings. The van der Waals surface area contributed by atoms with Gasteiger partial charge in [0.1, 0.15) is 0 Å². The van der Waals surface area contributed by atoms with E-state index in [1.54, 1.807) is 30.3 Å². The number of benzene rings is 1. The maximum absolute atomic E-state index is 11.8. The van der Waals surface area contributed by atoms with E-state index < -0.39 is 5.97 Å². The summed E-state index contributed by atoms with van der Waals surface area (Å²) in [6, 6.07) is 8.46. The number of rotatable bonds is 2. The highest BCUT2D eigenvalue weighted by molar-refractivity contribution is 6.43. The zero-order valence-electron chi connectivity index (χ0n) is 9.97. The van der Waals surface area contributed by atoms with Crippen molar-refractivity contribution in [1.29, 1.82) is 0 Å². The number of hydrogen-bond acceptors (Lipinski definition) is 4. The van der Waals surface area contributed by atoms with Gasteiger partial charge in [-0.25, -0.2) is 9.79 Å². The Labute approximate surface area is 124 Å². The lowest BCUT2D eigenvalue weighted by molar-refractivity contribution is -0.130. The Morgan fingerprint density at radius 1 is 1.15 bits per heavy atom. The predicted octanol–water partition coefficient (Wildman–Crippen LogP) is 3.93. The Balaban J connectivity index is 1.99. The van der Waals surface area contributed by atoms with Crippen LogP contribution in [0.2, 0.25) is 10.0 Å². The normalized spacial score (nSPS) is 16.4. The number of carbonyl (C=O) groups is 1. The van der Waals surface area contributed by atoms with Crippen molar-refractivity contribution in [3.05, 3.63) is 63.7 Å². The van der Waals surface area contributed by atoms with E-state index in [1.165, 1.54) is 12.3 Å². The first kappa shape index (κ1) is 13.0. The number of ether oxygens (including phenoxy) is 1. The molecule has 0 fully saturated rings. The topological polar surface area (TPSA) is 51.8 Å². The third kappa shape index (κ3) is 2.35. The summed E-state index contributed by atoms with van der Waals surface area (Å²) in [4.78, 5) is 15.8. The van der Waals surface area contributed by atoms with Crippen molar-refractivity contribution >= 4 is 41.1 Å². The number of nitrogens with zero attached hydrogens (tertiary/aromatic N) is 1. The van der Waals surface area contributed by atoms with Gasteiger partial charge in [-0.3, -0.25) is 0 Å². The molecule has 1 aliphatic heterocycles. The van der Waals surface area contributed by atoms with Gasteiger partial charge in [0, 0.05) is 0 Å². The first-order valence-corrected chi connectivity index (χ1v) is 6.41. The second-order valence-electron chi connectivity index (χ2n) is 3.96. The molecule has 0 unspecified atom stereocenters. The maximum Gasteiger partial charge on any atom is 0.363 e. The van der Waals surface area contributed by atoms with Gasteiger partial charge in [-0.15, -0.1) is 0 Å². The van der Waals surface area contributed by atoms with Crippen molar-refractivity contribution in [3.63, 3.8) is 0 Å². The summed E-state index contributed by atoms with van der Waals surface area (Å²) in [5, 5.41) is 0.763. The Morgan fingerprint density at radius 2 is 2.00 bits per heavy atom. The molecular weight excluding hydrogens is 301 g/mol. The van der Waals surface area contributed by atoms with Crippen LogP contribution < -0.4 is 0 Å². The van der Waals surface area contributed by atoms with E-state index >= 15 is 0 Å². The van der Waals surface area contributed by atoms with Crippen LogP contribution >= 0.6 is 23.2 Å². The van der Waals surface area contributed by atoms with Crippen LogP contribution in [0.4, 0.5) is 0 Å². The van der Waals surface area contributed by atoms with Crippen LogP contribution in [-0.2, 0) is 9.53 Å². The zero-order valence-corrected chi connectivity index (χ0v) is 11.5. The number of hydrogen-bond donors (Lipinski definition) is 0. The van der Waals surface area contributed by atoms with E-state index in [2.05, 4.69) is 4.99 Å². The van der Waals surface area contributed by atoms with Gasteiger partial charge in [-0.1, -0.05) is 35.3 Å². The van der Waals surface area contributed by atoms with Crippen LogP contribution in [0.3, 0.4) is 0 Å². The molecule has 1 aliphatic rings. The molecule has 0 N–H and O–H groups in total. The molecular formula is C14H7Cl2NO3. The number of carbonyl (C=O) groups excluding carboxylic acids is 1. The average Bonchev–Trinajstić information content (AvgIpc) is 3.05. The van der Waals surface area contributed by atoms with Crippen LogP contribution in [0.1, 0.15) is 11.3 Å². The molecule has 3 rings (SSSR count). The zero-order chi connectivity index (χ0) is 14.1. The third-order valence-corrected chi connectivity index (χ3v) is 3.46. The van der Waals surface area contributed by atoms with E-state index in [-0.39, 0.29) is 11.6 Å². The van der Waals surface area contributed by atoms with Gasteiger partial charge in [-0.2, -0.15) is 0 Å². The van der Waals surface area contributed by atoms with Gasteiger partial charge in [0.25, 0.3) is 5.90 Å². The van der Waals surface area contributed by atoms with Crippen LogP contribution in [-0.4, -0.2) is 11.9 Å². The third-order valence-electron chi connectivity index (χ3n) is 2.63. The Kier molecular flexibility index (Phi) is 3.34. The molecule has 0 bridgehead atoms. The molecule has 6 heteroatoms. The van der Waals surface area contributed by atoms with Crippen molar-refractivity contribution in [3.8, 4) is 0 Å². The largest absolute Gasteiger partial charge is 0.459 e. The van der Waals surface area contributed by atoms with Gasteiger partial charge < -0.3 is 9.15 Å². The summed E-state index contributed by atoms with van der Waals surface area (Å²) in [6.45, 7) is 0. The minimum atomic E-state index is -0.563. The standard InChI is InChI=1S/C14H7Cl2NO3/c15-9-4-1-3-8(12(9)16)7-10-14(18)20-13(17-10)11-5-2-6-19-11/h1-7H/b10-7+. The number of halogens is 2. The Bertz CT molecular complexity index is 733. The Morgan fingerprint density at radius 3 is 2.75 bits per heavy atom. The molecule has 20 heavy (non-hydrogen) atoms. The molecule has 0 saturated heterocycles. The van der Waals surface area contributed by atoms with Gasteiger partial charge >= 0.3 is 5.97 Å². The molecule has 1 aromatic carbocycles. The van der Waals surface area contributed by atoms with Crippen molar-refractivity contribution < 1.29 is 13.9 Å². The summed E-state index contributed by atoms with van der Waals surface area (Å²) in [5.74, 6) is -0.0456. The summed E-state index contributed by atoms with van der Waals surface area (Å²) >= 11 is 12.0. The predicted molar refractivity (Wildman–Crippen MR) is 75.8 cm³/mol. The second kappa shape index (κ2) is 5.15. The smallest absolute Gasteiger partial charge is 0.363 e. The monoisotopic (exact) mass is 307 g/mol. The lowest BCUT2D eigenvalue weighted by Gasteiger charge is -1.99. The van der Waals surface area contributed by atoms with Gasteiger partial charge in [0.15, 0.2) is 11.5 Å². The quantitative estimate of drug-likeness (QED) is 0.624. The second-order valence-corrected chi connectivity index (χ2v) is 4.74. The molecule has 0 aliphatic carbocycles. The average molecular weight is 308 g/mol. The van der Waals surface area contributed by atoms with Crippen molar-refractivity contribution in [2.24, 2.45) is 4.99 Å². The molecule has 4 nitrogen and oxygen atoms in total. The fourth-order valence-electron chi connectivity index (χ4n) is 1.69. The van der Waals surface area contributed by atoms with Crippen LogP contribution in [0.25, 0.3) is 6.08 Å². The molecule has 2 heterocycles. The van der Waals surface area contributed by atoms with Crippen molar-refractivity contribution in [2.45, 2.75) is 0 Å². The summed E-state index contributed by atoms with van der Waals surface area (Å²) in [6.07, 6.45) is 2.99. The number of furan rings is 1. The van der Waals surface area contributed by atoms with Gasteiger partial charge in [-0.05, 0) is 29.8 Å². The van der Waals surface area contributed by atoms with E-state index in [4.69, 9.17) is 32.4 Å². The fraction of sp³-hybridized carbons (Fsp3) is 0. The van der Waals surface area contributed by atoms with Crippen LogP contribution in [0.15, 0.2) is 51.7 Å². The maximum atomic E-state index is 11.8. The lowest BCUT2D eigenvalue weighted by atomic mass is 10.2. The minimum absolute atomic E-state index is 0.129. The van der Waals surface area contributed by atoms with Gasteiger partial charge in [0.05, 0.1) is 16.3 Å². The van der Waals surface area contributed by atoms with Crippen LogP contribution in [0, 0.1) is 0 Å². The molecule has 0 radical (unpaired) electrons. The molecule has 0 saturated carbocycles. The van der Waals surface area contributed by atoms with E-state index in [1.807, 2.05) is 0 Å². The summed E-state index contributed by atoms with van der Waals surface area (Å²) < 4.78 is 10.2. The number of aliphatic imine (C=N–C) groups is 1. The number of cyclic esters (lactones) is 1. The van der Waals surface area contributed by atoms with E-state index in [0.29, 0.717) is 21.4 Å². The fourth-order valence-corrected chi connectivity index (χ4v) is 2.06. The highest BCUT2D eigenvalue weighted by Gasteiger charge is 2.26. The summed E-state index contributed by atoms with van der Waals surface area (Å²) in [5.41, 5.74) is 0.733. The molecule has 0 atom stereocenters. The van der Waals surface area contributed by atoms with Crippen molar-refractivity contribution in [2.75, 3.05) is 0 Å². The molecule has 1 aromatic heterocycles. The molecule has 0 spiro atoms. The summed E-state index contributed by atoms with van der Waals surface area (Å²) in [7, 11) is 0. The molecule has 0 amide bonds. The van der Waals surface area contributed by atoms with E-state index in [0.717, 1.165) is 0 Å². The number of esters is 1. The van der Waals surface area contributed by atoms with Crippen LogP contribution in [0.5, 0.6) is 0 Å².